The first kappa shape index (κ1) is 26.0. The summed E-state index contributed by atoms with van der Waals surface area (Å²) in [6, 6.07) is 21.8. The highest BCUT2D eigenvalue weighted by molar-refractivity contribution is 7.80. The van der Waals surface area contributed by atoms with Gasteiger partial charge >= 0.3 is 0 Å². The molecule has 1 atom stereocenters. The van der Waals surface area contributed by atoms with Gasteiger partial charge in [0.1, 0.15) is 11.3 Å². The number of carbonyl (C=O) groups excluding carboxylic acids is 1. The lowest BCUT2D eigenvalue weighted by Gasteiger charge is -2.09. The number of amides is 1. The fraction of sp³-hybridized carbons (Fsp3) is 0.138. The Hall–Kier alpha value is -3.65. The highest BCUT2D eigenvalue weighted by Gasteiger charge is 2.16. The van der Waals surface area contributed by atoms with Crippen LogP contribution in [0, 0.1) is 0 Å². The van der Waals surface area contributed by atoms with Crippen LogP contribution in [0.15, 0.2) is 81.6 Å². The summed E-state index contributed by atoms with van der Waals surface area (Å²) in [4.78, 5) is 17.3. The lowest BCUT2D eigenvalue weighted by molar-refractivity contribution is 0.0951. The number of anilines is 1. The van der Waals surface area contributed by atoms with Gasteiger partial charge in [0.05, 0.1) is 5.02 Å². The number of fused-ring (bicyclic) bond motifs is 1. The molecule has 2 heterocycles. The third-order valence-electron chi connectivity index (χ3n) is 6.23. The normalized spacial score (nSPS) is 11.9. The third-order valence-corrected chi connectivity index (χ3v) is 7.00. The predicted molar refractivity (Wildman–Crippen MR) is 156 cm³/mol. The first-order chi connectivity index (χ1) is 18.3. The molecule has 2 N–H and O–H groups in total. The van der Waals surface area contributed by atoms with E-state index in [0.29, 0.717) is 38.9 Å². The van der Waals surface area contributed by atoms with E-state index in [9.17, 15) is 4.79 Å². The molecule has 9 heteroatoms. The molecule has 0 unspecified atom stereocenters. The molecule has 0 bridgehead atoms. The average molecular weight is 564 g/mol. The van der Waals surface area contributed by atoms with E-state index in [1.54, 1.807) is 30.3 Å². The van der Waals surface area contributed by atoms with E-state index in [1.807, 2.05) is 30.3 Å². The Balaban J connectivity index is 1.23. The zero-order valence-electron chi connectivity index (χ0n) is 20.5. The molecular formula is C29H23Cl2N3O3S. The van der Waals surface area contributed by atoms with Crippen LogP contribution in [0.5, 0.6) is 0 Å². The molecule has 0 aliphatic carbocycles. The van der Waals surface area contributed by atoms with Gasteiger partial charge in [-0.05, 0) is 96.9 Å². The summed E-state index contributed by atoms with van der Waals surface area (Å²) in [5.41, 5.74) is 4.94. The van der Waals surface area contributed by atoms with E-state index in [4.69, 9.17) is 44.3 Å². The zero-order chi connectivity index (χ0) is 26.8. The molecule has 0 spiro atoms. The van der Waals surface area contributed by atoms with Crippen molar-refractivity contribution < 1.29 is 13.6 Å². The fourth-order valence-corrected chi connectivity index (χ4v) is 4.52. The number of nitrogens with one attached hydrogen (secondary N) is 2. The van der Waals surface area contributed by atoms with Crippen LogP contribution in [0.1, 0.15) is 42.3 Å². The molecule has 0 saturated heterocycles. The maximum atomic E-state index is 12.6. The van der Waals surface area contributed by atoms with E-state index >= 15 is 0 Å². The average Bonchev–Trinajstić information content (AvgIpc) is 3.57. The Labute approximate surface area is 235 Å². The number of halogens is 2. The van der Waals surface area contributed by atoms with E-state index < -0.39 is 5.91 Å². The number of benzene rings is 3. The summed E-state index contributed by atoms with van der Waals surface area (Å²) in [6.45, 7) is 4.37. The summed E-state index contributed by atoms with van der Waals surface area (Å²) in [7, 11) is 0. The van der Waals surface area contributed by atoms with Gasteiger partial charge in [0.25, 0.3) is 5.91 Å². The first-order valence-corrected chi connectivity index (χ1v) is 13.2. The van der Waals surface area contributed by atoms with Gasteiger partial charge in [0, 0.05) is 21.8 Å². The van der Waals surface area contributed by atoms with E-state index in [0.717, 1.165) is 23.1 Å². The van der Waals surface area contributed by atoms with Gasteiger partial charge in [-0.3, -0.25) is 10.1 Å². The minimum atomic E-state index is -0.494. The summed E-state index contributed by atoms with van der Waals surface area (Å²) < 4.78 is 11.6. The van der Waals surface area contributed by atoms with E-state index in [-0.39, 0.29) is 10.9 Å². The van der Waals surface area contributed by atoms with Gasteiger partial charge < -0.3 is 14.2 Å². The maximum absolute atomic E-state index is 12.6. The topological polar surface area (TPSA) is 80.3 Å². The number of hydrogen-bond acceptors (Lipinski definition) is 5. The monoisotopic (exact) mass is 563 g/mol. The fourth-order valence-electron chi connectivity index (χ4n) is 3.92. The van der Waals surface area contributed by atoms with Crippen LogP contribution >= 0.6 is 35.4 Å². The minimum absolute atomic E-state index is 0.0861. The minimum Gasteiger partial charge on any atom is -0.451 e. The van der Waals surface area contributed by atoms with Gasteiger partial charge in [0.2, 0.25) is 5.89 Å². The van der Waals surface area contributed by atoms with Crippen LogP contribution in [-0.4, -0.2) is 16.0 Å². The van der Waals surface area contributed by atoms with Crippen LogP contribution < -0.4 is 10.6 Å². The Morgan fingerprint density at radius 1 is 1.00 bits per heavy atom. The maximum Gasteiger partial charge on any atom is 0.293 e. The van der Waals surface area contributed by atoms with Crippen molar-refractivity contribution in [1.82, 2.24) is 10.3 Å². The SMILES string of the molecule is CC[C@H](C)c1ccc2oc(-c3ccc(NC(=S)NC(=O)c4ccc(-c5cc(Cl)ccc5Cl)o4)cc3)nc2c1. The molecule has 6 nitrogen and oxygen atoms in total. The molecule has 3 aromatic carbocycles. The van der Waals surface area contributed by atoms with Crippen LogP contribution in [-0.2, 0) is 0 Å². The van der Waals surface area contributed by atoms with Crippen molar-refractivity contribution >= 4 is 63.2 Å². The number of nitrogens with zero attached hydrogens (tertiary/aromatic N) is 1. The molecular weight excluding hydrogens is 541 g/mol. The number of hydrogen-bond donors (Lipinski definition) is 2. The van der Waals surface area contributed by atoms with Gasteiger partial charge in [0.15, 0.2) is 16.5 Å². The van der Waals surface area contributed by atoms with Crippen molar-refractivity contribution in [3.8, 4) is 22.8 Å². The van der Waals surface area contributed by atoms with Gasteiger partial charge in [-0.1, -0.05) is 43.1 Å². The number of rotatable bonds is 6. The van der Waals surface area contributed by atoms with Crippen molar-refractivity contribution in [2.75, 3.05) is 5.32 Å². The molecule has 0 radical (unpaired) electrons. The Morgan fingerprint density at radius 2 is 1.79 bits per heavy atom. The molecule has 1 amide bonds. The lowest BCUT2D eigenvalue weighted by atomic mass is 9.98. The number of thiocarbonyl (C=S) groups is 1. The van der Waals surface area contributed by atoms with Crippen molar-refractivity contribution in [2.45, 2.75) is 26.2 Å². The number of oxazole rings is 1. The zero-order valence-corrected chi connectivity index (χ0v) is 22.9. The summed E-state index contributed by atoms with van der Waals surface area (Å²) >= 11 is 17.6. The Morgan fingerprint density at radius 3 is 2.55 bits per heavy atom. The molecule has 0 fully saturated rings. The lowest BCUT2D eigenvalue weighted by Crippen LogP contribution is -2.33. The quantitative estimate of drug-likeness (QED) is 0.201. The third kappa shape index (κ3) is 5.60. The largest absolute Gasteiger partial charge is 0.451 e. The second-order valence-corrected chi connectivity index (χ2v) is 10.1. The van der Waals surface area contributed by atoms with Crippen LogP contribution in [0.4, 0.5) is 5.69 Å². The number of furan rings is 1. The Kier molecular flexibility index (Phi) is 7.51. The Bertz CT molecular complexity index is 1640. The predicted octanol–water partition coefficient (Wildman–Crippen LogP) is 8.70. The van der Waals surface area contributed by atoms with Crippen molar-refractivity contribution in [3.05, 3.63) is 94.2 Å². The second-order valence-electron chi connectivity index (χ2n) is 8.83. The van der Waals surface area contributed by atoms with Crippen LogP contribution in [0.25, 0.3) is 33.9 Å². The molecule has 2 aromatic heterocycles. The molecule has 0 aliphatic rings. The van der Waals surface area contributed by atoms with Gasteiger partial charge in [-0.25, -0.2) is 4.98 Å². The molecule has 0 saturated carbocycles. The summed E-state index contributed by atoms with van der Waals surface area (Å²) in [6.07, 6.45) is 1.06. The molecule has 38 heavy (non-hydrogen) atoms. The smallest absolute Gasteiger partial charge is 0.293 e. The first-order valence-electron chi connectivity index (χ1n) is 12.0. The number of carbonyl (C=O) groups is 1. The van der Waals surface area contributed by atoms with Crippen LogP contribution in [0.2, 0.25) is 10.0 Å². The standard InChI is InChI=1S/C29H23Cl2N3O3S/c1-3-16(2)18-6-11-25-23(14-18)33-28(37-25)17-4-8-20(9-5-17)32-29(38)34-27(35)26-13-12-24(36-26)21-15-19(30)7-10-22(21)31/h4-16H,3H2,1-2H3,(H2,32,34,35,38)/t16-/m0/s1. The molecule has 5 rings (SSSR count). The highest BCUT2D eigenvalue weighted by atomic mass is 35.5. The summed E-state index contributed by atoms with van der Waals surface area (Å²) in [5.74, 6) is 1.02. The highest BCUT2D eigenvalue weighted by Crippen LogP contribution is 2.32. The second kappa shape index (κ2) is 11.0. The van der Waals surface area contributed by atoms with E-state index in [1.165, 1.54) is 5.56 Å². The molecule has 192 valence electrons. The van der Waals surface area contributed by atoms with Crippen molar-refractivity contribution in [1.29, 1.82) is 0 Å². The number of aromatic nitrogens is 1. The molecule has 5 aromatic rings. The molecule has 0 aliphatic heterocycles. The summed E-state index contributed by atoms with van der Waals surface area (Å²) in [5, 5.41) is 6.71. The van der Waals surface area contributed by atoms with Crippen molar-refractivity contribution in [2.24, 2.45) is 0 Å². The van der Waals surface area contributed by atoms with Crippen molar-refractivity contribution in [3.63, 3.8) is 0 Å². The van der Waals surface area contributed by atoms with E-state index in [2.05, 4.69) is 41.6 Å². The van der Waals surface area contributed by atoms with Gasteiger partial charge in [-0.15, -0.1) is 0 Å². The van der Waals surface area contributed by atoms with Crippen LogP contribution in [0.3, 0.4) is 0 Å². The van der Waals surface area contributed by atoms with Gasteiger partial charge in [-0.2, -0.15) is 0 Å².